The third-order valence-electron chi connectivity index (χ3n) is 1.73. The molecule has 0 bridgehead atoms. The summed E-state index contributed by atoms with van der Waals surface area (Å²) in [4.78, 5) is 1.13. The van der Waals surface area contributed by atoms with Crippen LogP contribution in [0.1, 0.15) is 0 Å². The van der Waals surface area contributed by atoms with E-state index >= 15 is 0 Å². The largest absolute Gasteiger partial charge is 0.304 e. The van der Waals surface area contributed by atoms with Gasteiger partial charge in [-0.2, -0.15) is 5.26 Å². The van der Waals surface area contributed by atoms with E-state index in [4.69, 9.17) is 16.9 Å². The van der Waals surface area contributed by atoms with Crippen molar-refractivity contribution in [1.29, 1.82) is 5.26 Å². The van der Waals surface area contributed by atoms with E-state index < -0.39 is 0 Å². The second kappa shape index (κ2) is 5.92. The molecule has 0 heterocycles. The maximum atomic E-state index is 8.70. The van der Waals surface area contributed by atoms with Crippen LogP contribution in [0.4, 0.5) is 0 Å². The Hall–Kier alpha value is -0.690. The van der Waals surface area contributed by atoms with Crippen molar-refractivity contribution in [2.24, 2.45) is 0 Å². The summed E-state index contributed by atoms with van der Waals surface area (Å²) in [6, 6.07) is 9.69. The Kier molecular flexibility index (Phi) is 4.81. The van der Waals surface area contributed by atoms with Gasteiger partial charge in [-0.05, 0) is 31.3 Å². The molecule has 14 heavy (non-hydrogen) atoms. The standard InChI is InChI=1S/C10H11ClN2S/c1-13-9(6-12)7-14-10-4-2-8(11)3-5-10/h2-5,9,13H,7H2,1H3. The number of hydrogen-bond acceptors (Lipinski definition) is 3. The van der Waals surface area contributed by atoms with Gasteiger partial charge < -0.3 is 5.32 Å². The molecule has 1 unspecified atom stereocenters. The fraction of sp³-hybridized carbons (Fsp3) is 0.300. The number of nitrogens with one attached hydrogen (secondary N) is 1. The SMILES string of the molecule is CNC(C#N)CSc1ccc(Cl)cc1. The van der Waals surface area contributed by atoms with Gasteiger partial charge in [-0.3, -0.25) is 0 Å². The average molecular weight is 227 g/mol. The molecule has 0 saturated heterocycles. The highest BCUT2D eigenvalue weighted by atomic mass is 35.5. The first-order chi connectivity index (χ1) is 6.76. The summed E-state index contributed by atoms with van der Waals surface area (Å²) in [5.41, 5.74) is 0. The molecule has 1 rings (SSSR count). The molecule has 0 aliphatic carbocycles. The van der Waals surface area contributed by atoms with E-state index in [-0.39, 0.29) is 6.04 Å². The lowest BCUT2D eigenvalue weighted by atomic mass is 10.4. The van der Waals surface area contributed by atoms with Crippen LogP contribution in [-0.2, 0) is 0 Å². The van der Waals surface area contributed by atoms with Crippen molar-refractivity contribution in [3.8, 4) is 6.07 Å². The van der Waals surface area contributed by atoms with Crippen molar-refractivity contribution in [3.63, 3.8) is 0 Å². The van der Waals surface area contributed by atoms with Crippen LogP contribution in [0.3, 0.4) is 0 Å². The summed E-state index contributed by atoms with van der Waals surface area (Å²) in [5, 5.41) is 12.4. The zero-order chi connectivity index (χ0) is 10.4. The van der Waals surface area contributed by atoms with Crippen LogP contribution in [0.15, 0.2) is 29.2 Å². The molecule has 0 aliphatic heterocycles. The first kappa shape index (κ1) is 11.4. The van der Waals surface area contributed by atoms with Gasteiger partial charge >= 0.3 is 0 Å². The molecule has 4 heteroatoms. The predicted molar refractivity (Wildman–Crippen MR) is 60.6 cm³/mol. The number of hydrogen-bond donors (Lipinski definition) is 1. The second-order valence-corrected chi connectivity index (χ2v) is 4.27. The Balaban J connectivity index is 2.46. The number of nitriles is 1. The minimum Gasteiger partial charge on any atom is -0.304 e. The Morgan fingerprint density at radius 2 is 2.14 bits per heavy atom. The molecule has 1 atom stereocenters. The van der Waals surface area contributed by atoms with Crippen LogP contribution in [-0.4, -0.2) is 18.8 Å². The molecule has 1 aromatic rings. The summed E-state index contributed by atoms with van der Waals surface area (Å²) in [7, 11) is 1.79. The number of halogens is 1. The number of benzene rings is 1. The quantitative estimate of drug-likeness (QED) is 0.802. The van der Waals surface area contributed by atoms with Crippen molar-refractivity contribution < 1.29 is 0 Å². The van der Waals surface area contributed by atoms with E-state index in [2.05, 4.69) is 11.4 Å². The van der Waals surface area contributed by atoms with Crippen molar-refractivity contribution in [3.05, 3.63) is 29.3 Å². The molecule has 0 saturated carbocycles. The van der Waals surface area contributed by atoms with Gasteiger partial charge in [0, 0.05) is 15.7 Å². The minimum atomic E-state index is -0.101. The van der Waals surface area contributed by atoms with Crippen LogP contribution in [0.5, 0.6) is 0 Å². The summed E-state index contributed by atoms with van der Waals surface area (Å²) in [6.07, 6.45) is 0. The van der Waals surface area contributed by atoms with Crippen LogP contribution in [0.25, 0.3) is 0 Å². The zero-order valence-electron chi connectivity index (χ0n) is 7.83. The molecule has 0 radical (unpaired) electrons. The lowest BCUT2D eigenvalue weighted by molar-refractivity contribution is 0.750. The Labute approximate surface area is 93.3 Å². The Morgan fingerprint density at radius 1 is 1.50 bits per heavy atom. The normalized spacial score (nSPS) is 12.1. The minimum absolute atomic E-state index is 0.101. The van der Waals surface area contributed by atoms with E-state index in [1.165, 1.54) is 0 Å². The maximum Gasteiger partial charge on any atom is 0.104 e. The summed E-state index contributed by atoms with van der Waals surface area (Å²) >= 11 is 7.40. The average Bonchev–Trinajstić information content (AvgIpc) is 2.22. The highest BCUT2D eigenvalue weighted by Gasteiger charge is 2.03. The van der Waals surface area contributed by atoms with E-state index in [1.807, 2.05) is 24.3 Å². The molecule has 0 amide bonds. The monoisotopic (exact) mass is 226 g/mol. The van der Waals surface area contributed by atoms with Crippen LogP contribution in [0.2, 0.25) is 5.02 Å². The van der Waals surface area contributed by atoms with Crippen LogP contribution in [0, 0.1) is 11.3 Å². The smallest absolute Gasteiger partial charge is 0.104 e. The van der Waals surface area contributed by atoms with Crippen molar-refractivity contribution >= 4 is 23.4 Å². The Bertz CT molecular complexity index is 318. The van der Waals surface area contributed by atoms with Crippen molar-refractivity contribution in [2.45, 2.75) is 10.9 Å². The fourth-order valence-corrected chi connectivity index (χ4v) is 1.95. The molecular weight excluding hydrogens is 216 g/mol. The lowest BCUT2D eigenvalue weighted by Gasteiger charge is -2.06. The number of thioether (sulfide) groups is 1. The molecule has 0 aliphatic rings. The summed E-state index contributed by atoms with van der Waals surface area (Å²) < 4.78 is 0. The molecule has 0 aromatic heterocycles. The molecule has 2 nitrogen and oxygen atoms in total. The van der Waals surface area contributed by atoms with Gasteiger partial charge in [-0.25, -0.2) is 0 Å². The topological polar surface area (TPSA) is 35.8 Å². The summed E-state index contributed by atoms with van der Waals surface area (Å²) in [5.74, 6) is 0.745. The van der Waals surface area contributed by atoms with E-state index in [0.29, 0.717) is 0 Å². The van der Waals surface area contributed by atoms with E-state index in [0.717, 1.165) is 15.7 Å². The van der Waals surface area contributed by atoms with Gasteiger partial charge in [0.15, 0.2) is 0 Å². The zero-order valence-corrected chi connectivity index (χ0v) is 9.40. The first-order valence-corrected chi connectivity index (χ1v) is 5.58. The van der Waals surface area contributed by atoms with Gasteiger partial charge in [0.25, 0.3) is 0 Å². The number of nitrogens with zero attached hydrogens (tertiary/aromatic N) is 1. The van der Waals surface area contributed by atoms with Crippen molar-refractivity contribution in [2.75, 3.05) is 12.8 Å². The van der Waals surface area contributed by atoms with Crippen LogP contribution >= 0.6 is 23.4 Å². The van der Waals surface area contributed by atoms with E-state index in [1.54, 1.807) is 18.8 Å². The highest BCUT2D eigenvalue weighted by molar-refractivity contribution is 7.99. The highest BCUT2D eigenvalue weighted by Crippen LogP contribution is 2.20. The molecular formula is C10H11ClN2S. The molecule has 1 aromatic carbocycles. The predicted octanol–water partition coefficient (Wildman–Crippen LogP) is 2.54. The van der Waals surface area contributed by atoms with E-state index in [9.17, 15) is 0 Å². The second-order valence-electron chi connectivity index (χ2n) is 2.74. The third kappa shape index (κ3) is 3.59. The fourth-order valence-electron chi connectivity index (χ4n) is 0.896. The summed E-state index contributed by atoms with van der Waals surface area (Å²) in [6.45, 7) is 0. The van der Waals surface area contributed by atoms with Gasteiger partial charge in [0.1, 0.15) is 6.04 Å². The first-order valence-electron chi connectivity index (χ1n) is 4.21. The van der Waals surface area contributed by atoms with Gasteiger partial charge in [-0.15, -0.1) is 11.8 Å². The molecule has 74 valence electrons. The third-order valence-corrected chi connectivity index (χ3v) is 3.09. The Morgan fingerprint density at radius 3 is 2.64 bits per heavy atom. The molecule has 1 N–H and O–H groups in total. The lowest BCUT2D eigenvalue weighted by Crippen LogP contribution is -2.25. The maximum absolute atomic E-state index is 8.70. The van der Waals surface area contributed by atoms with Gasteiger partial charge in [0.2, 0.25) is 0 Å². The van der Waals surface area contributed by atoms with Gasteiger partial charge in [-0.1, -0.05) is 11.6 Å². The van der Waals surface area contributed by atoms with Gasteiger partial charge in [0.05, 0.1) is 6.07 Å². The van der Waals surface area contributed by atoms with Crippen LogP contribution < -0.4 is 5.32 Å². The van der Waals surface area contributed by atoms with Crippen molar-refractivity contribution in [1.82, 2.24) is 5.32 Å². The molecule has 0 fully saturated rings. The molecule has 0 spiro atoms. The number of rotatable bonds is 4.